The summed E-state index contributed by atoms with van der Waals surface area (Å²) in [6, 6.07) is 9.49. The molecule has 29 heavy (non-hydrogen) atoms. The number of carbonyl (C=O) groups is 3. The van der Waals surface area contributed by atoms with Crippen molar-refractivity contribution in [2.45, 2.75) is 11.8 Å². The molecule has 1 atom stereocenters. The van der Waals surface area contributed by atoms with Crippen LogP contribution in [0, 0.1) is 0 Å². The number of urea groups is 1. The van der Waals surface area contributed by atoms with E-state index in [1.165, 1.54) is 55.6 Å². The molecule has 0 saturated carbocycles. The summed E-state index contributed by atoms with van der Waals surface area (Å²) in [6.07, 6.45) is -5.35. The molecule has 2 aromatic carbocycles. The normalized spacial score (nSPS) is 19.1. The number of anilines is 1. The van der Waals surface area contributed by atoms with E-state index in [-0.39, 0.29) is 26.9 Å². The highest BCUT2D eigenvalue weighted by molar-refractivity contribution is 6.34. The van der Waals surface area contributed by atoms with Crippen molar-refractivity contribution in [3.05, 3.63) is 59.1 Å². The molecule has 1 aliphatic heterocycles. The second kappa shape index (κ2) is 7.28. The van der Waals surface area contributed by atoms with E-state index in [1.807, 2.05) is 0 Å². The summed E-state index contributed by atoms with van der Waals surface area (Å²) in [4.78, 5) is 37.9. The van der Waals surface area contributed by atoms with Crippen LogP contribution in [0.3, 0.4) is 0 Å². The Morgan fingerprint density at radius 2 is 1.76 bits per heavy atom. The van der Waals surface area contributed by atoms with Crippen LogP contribution in [0.15, 0.2) is 48.5 Å². The standard InChI is InChI=1S/C18H13ClF3N3O4/c1-29-13-9-5-4-8-12(13)25-15(27)17(18(20,21)22,24-16(25)28)23-14(26)10-6-2-3-7-11(10)19/h2-9H,1H3,(H,23,26)(H,24,28)/t17-/m0/s1. The predicted octanol–water partition coefficient (Wildman–Crippen LogP) is 3.09. The molecule has 0 unspecified atom stereocenters. The van der Waals surface area contributed by atoms with Crippen molar-refractivity contribution in [3.8, 4) is 5.75 Å². The molecule has 11 heteroatoms. The Morgan fingerprint density at radius 3 is 2.38 bits per heavy atom. The molecule has 1 saturated heterocycles. The number of ether oxygens (including phenoxy) is 1. The van der Waals surface area contributed by atoms with Crippen LogP contribution in [-0.2, 0) is 4.79 Å². The highest BCUT2D eigenvalue weighted by atomic mass is 35.5. The average Bonchev–Trinajstić information content (AvgIpc) is 2.92. The highest BCUT2D eigenvalue weighted by Gasteiger charge is 2.69. The van der Waals surface area contributed by atoms with Gasteiger partial charge in [-0.25, -0.2) is 9.69 Å². The van der Waals surface area contributed by atoms with Crippen LogP contribution in [0.4, 0.5) is 23.7 Å². The van der Waals surface area contributed by atoms with Gasteiger partial charge in [0.1, 0.15) is 5.75 Å². The quantitative estimate of drug-likeness (QED) is 0.734. The molecule has 152 valence electrons. The predicted molar refractivity (Wildman–Crippen MR) is 96.7 cm³/mol. The minimum absolute atomic E-state index is 0.00796. The van der Waals surface area contributed by atoms with E-state index in [2.05, 4.69) is 0 Å². The Hall–Kier alpha value is -3.27. The molecular formula is C18H13ClF3N3O4. The average molecular weight is 428 g/mol. The van der Waals surface area contributed by atoms with Gasteiger partial charge in [-0.15, -0.1) is 0 Å². The van der Waals surface area contributed by atoms with Gasteiger partial charge in [0.05, 0.1) is 23.4 Å². The maximum Gasteiger partial charge on any atom is 0.440 e. The van der Waals surface area contributed by atoms with Crippen LogP contribution >= 0.6 is 11.6 Å². The first-order chi connectivity index (χ1) is 13.6. The van der Waals surface area contributed by atoms with Crippen LogP contribution in [0.2, 0.25) is 5.02 Å². The van der Waals surface area contributed by atoms with E-state index in [4.69, 9.17) is 16.3 Å². The number of imide groups is 1. The summed E-state index contributed by atoms with van der Waals surface area (Å²) in [7, 11) is 1.23. The SMILES string of the molecule is COc1ccccc1N1C(=O)N[C@](NC(=O)c2ccccc2Cl)(C(F)(F)F)C1=O. The van der Waals surface area contributed by atoms with Crippen LogP contribution in [0.25, 0.3) is 0 Å². The number of benzene rings is 2. The van der Waals surface area contributed by atoms with Crippen molar-refractivity contribution in [2.24, 2.45) is 0 Å². The Balaban J connectivity index is 2.06. The summed E-state index contributed by atoms with van der Waals surface area (Å²) in [5.41, 5.74) is -4.19. The molecule has 7 nitrogen and oxygen atoms in total. The van der Waals surface area contributed by atoms with Crippen LogP contribution in [0.5, 0.6) is 5.75 Å². The molecule has 0 bridgehead atoms. The van der Waals surface area contributed by atoms with Gasteiger partial charge in [-0.05, 0) is 24.3 Å². The van der Waals surface area contributed by atoms with Gasteiger partial charge in [0.25, 0.3) is 17.5 Å². The smallest absolute Gasteiger partial charge is 0.440 e. The van der Waals surface area contributed by atoms with Crippen molar-refractivity contribution in [3.63, 3.8) is 0 Å². The fourth-order valence-electron chi connectivity index (χ4n) is 2.79. The van der Waals surface area contributed by atoms with Gasteiger partial charge in [0.2, 0.25) is 0 Å². The van der Waals surface area contributed by atoms with Crippen molar-refractivity contribution >= 4 is 35.1 Å². The number of hydrogen-bond donors (Lipinski definition) is 2. The highest BCUT2D eigenvalue weighted by Crippen LogP contribution is 2.38. The van der Waals surface area contributed by atoms with Gasteiger partial charge >= 0.3 is 12.2 Å². The lowest BCUT2D eigenvalue weighted by Gasteiger charge is -2.30. The third-order valence-corrected chi connectivity index (χ3v) is 4.52. The van der Waals surface area contributed by atoms with Crippen molar-refractivity contribution in [2.75, 3.05) is 12.0 Å². The lowest BCUT2D eigenvalue weighted by atomic mass is 10.1. The lowest BCUT2D eigenvalue weighted by Crippen LogP contribution is -2.69. The molecule has 3 rings (SSSR count). The maximum atomic E-state index is 13.9. The summed E-state index contributed by atoms with van der Waals surface area (Å²) in [5, 5.41) is 3.03. The van der Waals surface area contributed by atoms with Gasteiger partial charge < -0.3 is 10.1 Å². The number of hydrogen-bond acceptors (Lipinski definition) is 4. The van der Waals surface area contributed by atoms with Gasteiger partial charge in [0.15, 0.2) is 0 Å². The zero-order valence-electron chi connectivity index (χ0n) is 14.7. The molecule has 4 amide bonds. The van der Waals surface area contributed by atoms with E-state index in [1.54, 1.807) is 10.6 Å². The zero-order valence-corrected chi connectivity index (χ0v) is 15.5. The number of amides is 4. The summed E-state index contributed by atoms with van der Waals surface area (Å²) in [6.45, 7) is 0. The number of nitrogens with one attached hydrogen (secondary N) is 2. The topological polar surface area (TPSA) is 87.7 Å². The molecule has 0 radical (unpaired) electrons. The zero-order chi connectivity index (χ0) is 21.4. The molecule has 0 spiro atoms. The Bertz CT molecular complexity index is 998. The Morgan fingerprint density at radius 1 is 1.14 bits per heavy atom. The fourth-order valence-corrected chi connectivity index (χ4v) is 3.02. The fraction of sp³-hybridized carbons (Fsp3) is 0.167. The minimum Gasteiger partial charge on any atom is -0.495 e. The number of alkyl halides is 3. The third-order valence-electron chi connectivity index (χ3n) is 4.19. The van der Waals surface area contributed by atoms with Crippen molar-refractivity contribution in [1.82, 2.24) is 10.6 Å². The Kier molecular flexibility index (Phi) is 5.14. The van der Waals surface area contributed by atoms with Gasteiger partial charge in [-0.1, -0.05) is 35.9 Å². The number of halogens is 4. The molecule has 0 aromatic heterocycles. The summed E-state index contributed by atoms with van der Waals surface area (Å²) < 4.78 is 46.9. The number of carbonyl (C=O) groups excluding carboxylic acids is 3. The summed E-state index contributed by atoms with van der Waals surface area (Å²) in [5.74, 6) is -3.03. The second-order valence-corrected chi connectivity index (χ2v) is 6.33. The molecule has 0 aliphatic carbocycles. The third kappa shape index (κ3) is 3.35. The monoisotopic (exact) mass is 427 g/mol. The number of methoxy groups -OCH3 is 1. The molecule has 2 N–H and O–H groups in total. The maximum absolute atomic E-state index is 13.9. The van der Waals surface area contributed by atoms with Gasteiger partial charge in [-0.3, -0.25) is 14.9 Å². The first kappa shape index (κ1) is 20.5. The van der Waals surface area contributed by atoms with Gasteiger partial charge in [0, 0.05) is 0 Å². The molecule has 1 heterocycles. The first-order valence-electron chi connectivity index (χ1n) is 8.06. The van der Waals surface area contributed by atoms with Crippen LogP contribution < -0.4 is 20.3 Å². The van der Waals surface area contributed by atoms with Gasteiger partial charge in [-0.2, -0.15) is 13.2 Å². The van der Waals surface area contributed by atoms with E-state index < -0.39 is 29.7 Å². The first-order valence-corrected chi connectivity index (χ1v) is 8.43. The van der Waals surface area contributed by atoms with Crippen LogP contribution in [0.1, 0.15) is 10.4 Å². The number of rotatable bonds is 4. The number of para-hydroxylation sites is 2. The van der Waals surface area contributed by atoms with Crippen LogP contribution in [-0.4, -0.2) is 36.8 Å². The summed E-state index contributed by atoms with van der Waals surface area (Å²) >= 11 is 5.85. The minimum atomic E-state index is -5.35. The van der Waals surface area contributed by atoms with E-state index in [0.29, 0.717) is 0 Å². The number of nitrogens with zero attached hydrogens (tertiary/aromatic N) is 1. The molecule has 2 aromatic rings. The molecule has 1 fully saturated rings. The second-order valence-electron chi connectivity index (χ2n) is 5.92. The largest absolute Gasteiger partial charge is 0.495 e. The molecule has 1 aliphatic rings. The van der Waals surface area contributed by atoms with Crippen molar-refractivity contribution < 1.29 is 32.3 Å². The lowest BCUT2D eigenvalue weighted by molar-refractivity contribution is -0.197. The van der Waals surface area contributed by atoms with E-state index >= 15 is 0 Å². The molecular weight excluding hydrogens is 415 g/mol. The van der Waals surface area contributed by atoms with E-state index in [0.717, 1.165) is 0 Å². The van der Waals surface area contributed by atoms with E-state index in [9.17, 15) is 27.6 Å². The Labute approximate surface area is 167 Å². The van der Waals surface area contributed by atoms with Crippen molar-refractivity contribution in [1.29, 1.82) is 0 Å².